The van der Waals surface area contributed by atoms with E-state index >= 15 is 0 Å². The van der Waals surface area contributed by atoms with Crippen LogP contribution >= 0.6 is 0 Å². The Morgan fingerprint density at radius 3 is 2.50 bits per heavy atom. The van der Waals surface area contributed by atoms with Gasteiger partial charge >= 0.3 is 21.3 Å². The molecule has 1 N–H and O–H groups in total. The maximum absolute atomic E-state index is 13.3. The van der Waals surface area contributed by atoms with Crippen LogP contribution in [0, 0.1) is 5.92 Å². The predicted molar refractivity (Wildman–Crippen MR) is 57.5 cm³/mol. The fourth-order valence-corrected chi connectivity index (χ4v) is 3.19. The monoisotopic (exact) mass is 314 g/mol. The highest BCUT2D eigenvalue weighted by Gasteiger charge is 2.67. The number of fused-ring (bicyclic) bond motifs is 5. The summed E-state index contributed by atoms with van der Waals surface area (Å²) in [4.78, 5) is 11.8. The summed E-state index contributed by atoms with van der Waals surface area (Å²) in [5.41, 5.74) is 0. The molecule has 0 aliphatic carbocycles. The van der Waals surface area contributed by atoms with Gasteiger partial charge in [-0.05, 0) is 13.3 Å². The second-order valence-electron chi connectivity index (χ2n) is 5.16. The number of carbonyl (C=O) groups is 1. The van der Waals surface area contributed by atoms with Crippen molar-refractivity contribution in [2.24, 2.45) is 5.92 Å². The minimum absolute atomic E-state index is 0.0271. The van der Waals surface area contributed by atoms with E-state index in [1.54, 1.807) is 0 Å². The van der Waals surface area contributed by atoms with E-state index in [1.807, 2.05) is 0 Å². The van der Waals surface area contributed by atoms with Crippen LogP contribution in [0.5, 0.6) is 0 Å². The van der Waals surface area contributed by atoms with E-state index < -0.39 is 39.5 Å². The summed E-state index contributed by atoms with van der Waals surface area (Å²) < 4.78 is 71.2. The first-order valence-corrected chi connectivity index (χ1v) is 7.43. The first-order chi connectivity index (χ1) is 9.13. The highest BCUT2D eigenvalue weighted by molar-refractivity contribution is 7.86. The van der Waals surface area contributed by atoms with Gasteiger partial charge in [0.25, 0.3) is 0 Å². The topological polar surface area (TPSA) is 102 Å². The maximum Gasteiger partial charge on any atom is 0.405 e. The molecule has 3 aliphatic heterocycles. The van der Waals surface area contributed by atoms with Crippen molar-refractivity contribution in [3.8, 4) is 0 Å². The molecule has 0 spiro atoms. The quantitative estimate of drug-likeness (QED) is 0.441. The predicted octanol–water partition coefficient (Wildman–Crippen LogP) is -0.0466. The number of hydrogen-bond acceptors (Lipinski definition) is 6. The molecule has 20 heavy (non-hydrogen) atoms. The highest BCUT2D eigenvalue weighted by atomic mass is 32.2. The lowest BCUT2D eigenvalue weighted by molar-refractivity contribution is -0.166. The van der Waals surface area contributed by atoms with E-state index in [2.05, 4.69) is 4.74 Å². The SMILES string of the molecule is CC(OC(=O)C1CC2OC1C1OC21)C(F)(F)S(=O)(=O)O. The Labute approximate surface area is 112 Å². The minimum Gasteiger partial charge on any atom is -0.455 e. The molecule has 3 saturated heterocycles. The molecule has 3 heterocycles. The van der Waals surface area contributed by atoms with E-state index in [-0.39, 0.29) is 18.3 Å². The zero-order chi connectivity index (χ0) is 14.9. The largest absolute Gasteiger partial charge is 0.455 e. The van der Waals surface area contributed by atoms with Crippen molar-refractivity contribution in [1.29, 1.82) is 0 Å². The van der Waals surface area contributed by atoms with Crippen LogP contribution in [0.2, 0.25) is 0 Å². The lowest BCUT2D eigenvalue weighted by Gasteiger charge is -2.23. The molecule has 10 heteroatoms. The van der Waals surface area contributed by atoms with E-state index in [9.17, 15) is 22.0 Å². The van der Waals surface area contributed by atoms with Gasteiger partial charge in [0.15, 0.2) is 6.10 Å². The molecule has 6 unspecified atom stereocenters. The van der Waals surface area contributed by atoms with E-state index in [0.29, 0.717) is 13.3 Å². The molecule has 0 radical (unpaired) electrons. The summed E-state index contributed by atoms with van der Waals surface area (Å²) in [5, 5.41) is -4.56. The second kappa shape index (κ2) is 4.09. The summed E-state index contributed by atoms with van der Waals surface area (Å²) in [7, 11) is -5.65. The molecular weight excluding hydrogens is 302 g/mol. The van der Waals surface area contributed by atoms with Crippen molar-refractivity contribution >= 4 is 16.1 Å². The Bertz CT molecular complexity index is 548. The summed E-state index contributed by atoms with van der Waals surface area (Å²) in [5.74, 6) is -1.72. The Hall–Kier alpha value is -0.840. The molecule has 3 aliphatic rings. The molecule has 0 aromatic heterocycles. The van der Waals surface area contributed by atoms with Gasteiger partial charge in [-0.1, -0.05) is 0 Å². The van der Waals surface area contributed by atoms with Crippen LogP contribution in [-0.2, 0) is 29.1 Å². The molecule has 0 aromatic rings. The van der Waals surface area contributed by atoms with Crippen LogP contribution in [0.25, 0.3) is 0 Å². The van der Waals surface area contributed by atoms with Gasteiger partial charge < -0.3 is 14.2 Å². The number of carbonyl (C=O) groups excluding carboxylic acids is 1. The molecule has 3 rings (SSSR count). The van der Waals surface area contributed by atoms with Crippen molar-refractivity contribution in [3.05, 3.63) is 0 Å². The Morgan fingerprint density at radius 2 is 2.00 bits per heavy atom. The smallest absolute Gasteiger partial charge is 0.405 e. The van der Waals surface area contributed by atoms with E-state index in [4.69, 9.17) is 14.0 Å². The summed E-state index contributed by atoms with van der Waals surface area (Å²) >= 11 is 0. The number of esters is 1. The van der Waals surface area contributed by atoms with Crippen molar-refractivity contribution in [2.75, 3.05) is 0 Å². The molecule has 0 saturated carbocycles. The molecule has 7 nitrogen and oxygen atoms in total. The van der Waals surface area contributed by atoms with Gasteiger partial charge in [0.1, 0.15) is 18.3 Å². The number of ether oxygens (including phenoxy) is 3. The molecule has 0 amide bonds. The summed E-state index contributed by atoms with van der Waals surface area (Å²) in [6, 6.07) is 0. The molecule has 6 atom stereocenters. The lowest BCUT2D eigenvalue weighted by atomic mass is 9.89. The average molecular weight is 314 g/mol. The van der Waals surface area contributed by atoms with Crippen molar-refractivity contribution in [1.82, 2.24) is 0 Å². The number of epoxide rings is 1. The third kappa shape index (κ3) is 1.93. The number of alkyl halides is 2. The Morgan fingerprint density at radius 1 is 1.35 bits per heavy atom. The van der Waals surface area contributed by atoms with E-state index in [1.165, 1.54) is 0 Å². The fourth-order valence-electron chi connectivity index (χ4n) is 2.72. The normalized spacial score (nSPS) is 40.3. The molecule has 114 valence electrons. The number of hydrogen-bond donors (Lipinski definition) is 1. The van der Waals surface area contributed by atoms with Crippen LogP contribution in [-0.4, -0.2) is 54.7 Å². The minimum atomic E-state index is -5.65. The molecule has 3 fully saturated rings. The van der Waals surface area contributed by atoms with Gasteiger partial charge in [-0.3, -0.25) is 9.35 Å². The summed E-state index contributed by atoms with van der Waals surface area (Å²) in [6.45, 7) is 0.705. The van der Waals surface area contributed by atoms with Crippen LogP contribution in [0.4, 0.5) is 8.78 Å². The highest BCUT2D eigenvalue weighted by Crippen LogP contribution is 2.51. The zero-order valence-corrected chi connectivity index (χ0v) is 11.0. The summed E-state index contributed by atoms with van der Waals surface area (Å²) in [6.07, 6.45) is -2.98. The third-order valence-corrected chi connectivity index (χ3v) is 4.90. The molecular formula is C10H12F2O7S. The van der Waals surface area contributed by atoms with Crippen molar-refractivity contribution in [2.45, 2.75) is 49.1 Å². The van der Waals surface area contributed by atoms with Crippen LogP contribution in [0.15, 0.2) is 0 Å². The second-order valence-corrected chi connectivity index (χ2v) is 6.66. The molecule has 2 bridgehead atoms. The molecule has 0 aromatic carbocycles. The first-order valence-electron chi connectivity index (χ1n) is 5.99. The first kappa shape index (κ1) is 14.1. The van der Waals surface area contributed by atoms with Gasteiger partial charge in [0, 0.05) is 0 Å². The van der Waals surface area contributed by atoms with Gasteiger partial charge in [-0.15, -0.1) is 0 Å². The Kier molecular flexibility index (Phi) is 2.89. The van der Waals surface area contributed by atoms with Crippen LogP contribution in [0.3, 0.4) is 0 Å². The lowest BCUT2D eigenvalue weighted by Crippen LogP contribution is -2.44. The van der Waals surface area contributed by atoms with Gasteiger partial charge in [0.2, 0.25) is 0 Å². The van der Waals surface area contributed by atoms with E-state index in [0.717, 1.165) is 0 Å². The number of rotatable bonds is 4. The van der Waals surface area contributed by atoms with Gasteiger partial charge in [-0.25, -0.2) is 0 Å². The number of halogens is 2. The standard InChI is InChI=1S/C10H12F2O7S/c1-3(10(11,12)20(14,15)16)17-9(13)4-2-5-7-8(19-7)6(4)18-5/h3-8H,2H2,1H3,(H,14,15,16). The third-order valence-electron chi connectivity index (χ3n) is 3.88. The van der Waals surface area contributed by atoms with Gasteiger partial charge in [0.05, 0.1) is 12.0 Å². The average Bonchev–Trinajstić information content (AvgIpc) is 2.92. The maximum atomic E-state index is 13.3. The van der Waals surface area contributed by atoms with Crippen LogP contribution < -0.4 is 0 Å². The Balaban J connectivity index is 1.65. The van der Waals surface area contributed by atoms with Crippen LogP contribution in [0.1, 0.15) is 13.3 Å². The van der Waals surface area contributed by atoms with Crippen molar-refractivity contribution < 1.29 is 40.8 Å². The fraction of sp³-hybridized carbons (Fsp3) is 0.900. The van der Waals surface area contributed by atoms with Crippen molar-refractivity contribution in [3.63, 3.8) is 0 Å². The van der Waals surface area contributed by atoms with Gasteiger partial charge in [-0.2, -0.15) is 17.2 Å². The zero-order valence-electron chi connectivity index (χ0n) is 10.2.